The molecule has 214 valence electrons. The molecule has 4 aliphatic rings. The van der Waals surface area contributed by atoms with Gasteiger partial charge in [0, 0.05) is 65.0 Å². The zero-order chi connectivity index (χ0) is 27.7. The number of carbonyl (C=O) groups is 3. The molecule has 0 bridgehead atoms. The molecule has 3 amide bonds. The summed E-state index contributed by atoms with van der Waals surface area (Å²) in [5.41, 5.74) is -0.175. The van der Waals surface area contributed by atoms with Crippen LogP contribution < -0.4 is 10.5 Å². The zero-order valence-corrected chi connectivity index (χ0v) is 23.6. The number of anilines is 1. The van der Waals surface area contributed by atoms with Crippen LogP contribution in [0.4, 0.5) is 5.82 Å². The molecule has 5 rings (SSSR count). The lowest BCUT2D eigenvalue weighted by Crippen LogP contribution is -2.54. The topological polar surface area (TPSA) is 102 Å². The van der Waals surface area contributed by atoms with Crippen LogP contribution >= 0.6 is 0 Å². The second-order valence-corrected chi connectivity index (χ2v) is 12.1. The molecule has 1 saturated carbocycles. The van der Waals surface area contributed by atoms with Crippen molar-refractivity contribution >= 4 is 24.0 Å². The number of aromatic nitrogens is 2. The van der Waals surface area contributed by atoms with Crippen LogP contribution in [-0.2, 0) is 21.4 Å². The third kappa shape index (κ3) is 5.83. The highest BCUT2D eigenvalue weighted by Crippen LogP contribution is 2.33. The first-order valence-corrected chi connectivity index (χ1v) is 14.5. The number of rotatable bonds is 6. The number of nitrogens with zero attached hydrogens (tertiary/aromatic N) is 7. The minimum Gasteiger partial charge on any atom is -0.354 e. The summed E-state index contributed by atoms with van der Waals surface area (Å²) in [5.74, 6) is 1.09. The van der Waals surface area contributed by atoms with Gasteiger partial charge in [-0.15, -0.1) is 0 Å². The lowest BCUT2D eigenvalue weighted by atomic mass is 9.86. The van der Waals surface area contributed by atoms with Crippen molar-refractivity contribution < 1.29 is 14.4 Å². The maximum atomic E-state index is 14.0. The number of likely N-dealkylation sites (tertiary alicyclic amines) is 1. The number of carbonyl (C=O) groups excluding carboxylic acids is 3. The van der Waals surface area contributed by atoms with Crippen LogP contribution in [-0.4, -0.2) is 119 Å². The quantitative estimate of drug-likeness (QED) is 0.480. The summed E-state index contributed by atoms with van der Waals surface area (Å²) in [6, 6.07) is 2.69. The van der Waals surface area contributed by atoms with Crippen molar-refractivity contribution in [3.05, 3.63) is 22.5 Å². The van der Waals surface area contributed by atoms with Crippen molar-refractivity contribution in [3.63, 3.8) is 0 Å². The van der Waals surface area contributed by atoms with Gasteiger partial charge in [-0.2, -0.15) is 5.10 Å². The molecular formula is C28H43N7O4. The SMILES string of the molecule is CC1CCC(N(C=O)C2CC(C(=O)N3CCN(C)CC3)N(C(=O)C3CCN(c4ccc(=O)n(C)n4)C3)C2)CC1. The van der Waals surface area contributed by atoms with E-state index in [0.29, 0.717) is 57.3 Å². The number of piperazine rings is 1. The van der Waals surface area contributed by atoms with Crippen molar-refractivity contribution in [2.75, 3.05) is 57.8 Å². The van der Waals surface area contributed by atoms with Crippen LogP contribution in [0.2, 0.25) is 0 Å². The van der Waals surface area contributed by atoms with Crippen molar-refractivity contribution in [1.82, 2.24) is 29.4 Å². The molecule has 3 aliphatic heterocycles. The molecule has 11 nitrogen and oxygen atoms in total. The number of hydrogen-bond acceptors (Lipinski definition) is 7. The Balaban J connectivity index is 1.33. The van der Waals surface area contributed by atoms with Gasteiger partial charge in [0.25, 0.3) is 5.56 Å². The number of hydrogen-bond donors (Lipinski definition) is 0. The van der Waals surface area contributed by atoms with E-state index in [1.807, 2.05) is 14.7 Å². The van der Waals surface area contributed by atoms with Crippen LogP contribution in [0.5, 0.6) is 0 Å². The highest BCUT2D eigenvalue weighted by atomic mass is 16.2. The van der Waals surface area contributed by atoms with E-state index in [2.05, 4.69) is 24.0 Å². The van der Waals surface area contributed by atoms with E-state index in [4.69, 9.17) is 0 Å². The molecule has 3 saturated heterocycles. The molecule has 1 aliphatic carbocycles. The molecular weight excluding hydrogens is 498 g/mol. The van der Waals surface area contributed by atoms with Crippen molar-refractivity contribution in [1.29, 1.82) is 0 Å². The molecule has 1 aromatic heterocycles. The third-order valence-corrected chi connectivity index (χ3v) is 9.42. The van der Waals surface area contributed by atoms with Crippen molar-refractivity contribution in [3.8, 4) is 0 Å². The van der Waals surface area contributed by atoms with Crippen LogP contribution in [0.15, 0.2) is 16.9 Å². The fourth-order valence-electron chi connectivity index (χ4n) is 6.82. The molecule has 0 spiro atoms. The first kappa shape index (κ1) is 27.6. The van der Waals surface area contributed by atoms with E-state index in [1.54, 1.807) is 18.0 Å². The molecule has 0 N–H and O–H groups in total. The van der Waals surface area contributed by atoms with Gasteiger partial charge in [-0.3, -0.25) is 19.2 Å². The summed E-state index contributed by atoms with van der Waals surface area (Å²) in [7, 11) is 3.68. The lowest BCUT2D eigenvalue weighted by molar-refractivity contribution is -0.146. The Morgan fingerprint density at radius 3 is 2.31 bits per heavy atom. The van der Waals surface area contributed by atoms with Gasteiger partial charge in [0.1, 0.15) is 11.9 Å². The average molecular weight is 542 g/mol. The van der Waals surface area contributed by atoms with Gasteiger partial charge in [-0.1, -0.05) is 6.92 Å². The fraction of sp³-hybridized carbons (Fsp3) is 0.750. The second kappa shape index (κ2) is 11.7. The summed E-state index contributed by atoms with van der Waals surface area (Å²) in [6.45, 7) is 6.79. The zero-order valence-electron chi connectivity index (χ0n) is 23.6. The minimum absolute atomic E-state index is 0.0108. The number of aryl methyl sites for hydroxylation is 1. The van der Waals surface area contributed by atoms with E-state index < -0.39 is 6.04 Å². The predicted octanol–water partition coefficient (Wildman–Crippen LogP) is 0.387. The Hall–Kier alpha value is -2.95. The Morgan fingerprint density at radius 2 is 1.64 bits per heavy atom. The lowest BCUT2D eigenvalue weighted by Gasteiger charge is -2.37. The van der Waals surface area contributed by atoms with Crippen LogP contribution in [0.25, 0.3) is 0 Å². The van der Waals surface area contributed by atoms with E-state index in [9.17, 15) is 19.2 Å². The molecule has 1 aromatic rings. The van der Waals surface area contributed by atoms with Crippen LogP contribution in [0, 0.1) is 11.8 Å². The Kier molecular flexibility index (Phi) is 8.25. The summed E-state index contributed by atoms with van der Waals surface area (Å²) in [4.78, 5) is 61.8. The number of amides is 3. The molecule has 39 heavy (non-hydrogen) atoms. The fourth-order valence-corrected chi connectivity index (χ4v) is 6.82. The highest BCUT2D eigenvalue weighted by molar-refractivity contribution is 5.90. The van der Waals surface area contributed by atoms with E-state index in [0.717, 1.165) is 45.2 Å². The summed E-state index contributed by atoms with van der Waals surface area (Å²) >= 11 is 0. The maximum Gasteiger partial charge on any atom is 0.266 e. The van der Waals surface area contributed by atoms with Crippen molar-refractivity contribution in [2.45, 2.75) is 63.6 Å². The summed E-state index contributed by atoms with van der Waals surface area (Å²) in [5, 5.41) is 4.35. The van der Waals surface area contributed by atoms with Gasteiger partial charge in [0.2, 0.25) is 18.2 Å². The van der Waals surface area contributed by atoms with Crippen molar-refractivity contribution in [2.24, 2.45) is 18.9 Å². The largest absolute Gasteiger partial charge is 0.354 e. The average Bonchev–Trinajstić information content (AvgIpc) is 3.60. The second-order valence-electron chi connectivity index (χ2n) is 12.1. The van der Waals surface area contributed by atoms with E-state index in [1.165, 1.54) is 10.7 Å². The molecule has 4 heterocycles. The molecule has 0 aromatic carbocycles. The maximum absolute atomic E-state index is 14.0. The minimum atomic E-state index is -0.541. The first-order chi connectivity index (χ1) is 18.7. The summed E-state index contributed by atoms with van der Waals surface area (Å²) in [6.07, 6.45) is 6.28. The first-order valence-electron chi connectivity index (χ1n) is 14.5. The molecule has 0 radical (unpaired) electrons. The van der Waals surface area contributed by atoms with Crippen LogP contribution in [0.3, 0.4) is 0 Å². The van der Waals surface area contributed by atoms with Gasteiger partial charge in [0.05, 0.1) is 12.0 Å². The smallest absolute Gasteiger partial charge is 0.266 e. The Bertz CT molecular complexity index is 1110. The number of likely N-dealkylation sites (N-methyl/N-ethyl adjacent to an activating group) is 1. The third-order valence-electron chi connectivity index (χ3n) is 9.42. The van der Waals surface area contributed by atoms with E-state index >= 15 is 0 Å². The highest BCUT2D eigenvalue weighted by Gasteiger charge is 2.47. The van der Waals surface area contributed by atoms with Gasteiger partial charge >= 0.3 is 0 Å². The summed E-state index contributed by atoms with van der Waals surface area (Å²) < 4.78 is 1.31. The normalized spacial score (nSPS) is 30.0. The predicted molar refractivity (Wildman–Crippen MR) is 147 cm³/mol. The van der Waals surface area contributed by atoms with Gasteiger partial charge in [0.15, 0.2) is 0 Å². The van der Waals surface area contributed by atoms with E-state index in [-0.39, 0.29) is 35.4 Å². The molecule has 4 fully saturated rings. The van der Waals surface area contributed by atoms with Crippen LogP contribution in [0.1, 0.15) is 45.4 Å². The van der Waals surface area contributed by atoms with Gasteiger partial charge < -0.3 is 24.5 Å². The Morgan fingerprint density at radius 1 is 0.923 bits per heavy atom. The molecule has 3 atom stereocenters. The monoisotopic (exact) mass is 541 g/mol. The standard InChI is InChI=1S/C28H43N7O4/c1-20-4-6-22(7-5-20)35(19-36)23-16-24(28(39)32-14-12-30(2)13-15-32)34(18-23)27(38)21-10-11-33(17-21)25-8-9-26(37)31(3)29-25/h8-9,19-24H,4-7,10-18H2,1-3H3. The van der Waals surface area contributed by atoms with Gasteiger partial charge in [-0.25, -0.2) is 4.68 Å². The molecule has 11 heteroatoms. The Labute approximate surface area is 230 Å². The van der Waals surface area contributed by atoms with Gasteiger partial charge in [-0.05, 0) is 57.6 Å². The molecule has 3 unspecified atom stereocenters.